The van der Waals surface area contributed by atoms with Gasteiger partial charge >= 0.3 is 5.97 Å². The number of fused-ring (bicyclic) bond motifs is 1. The summed E-state index contributed by atoms with van der Waals surface area (Å²) in [6.45, 7) is 4.04. The second kappa shape index (κ2) is 5.78. The number of rotatable bonds is 2. The van der Waals surface area contributed by atoms with E-state index in [-0.39, 0.29) is 5.97 Å². The fraction of sp³-hybridized carbons (Fsp3) is 0.136. The van der Waals surface area contributed by atoms with Crippen molar-refractivity contribution in [3.05, 3.63) is 95.1 Å². The molecular formula is C22H19NO2. The minimum atomic E-state index is -1.06. The summed E-state index contributed by atoms with van der Waals surface area (Å²) in [5.41, 5.74) is 3.63. The third-order valence-electron chi connectivity index (χ3n) is 4.82. The Morgan fingerprint density at radius 1 is 0.760 bits per heavy atom. The molecular weight excluding hydrogens is 310 g/mol. The van der Waals surface area contributed by atoms with Crippen LogP contribution in [-0.4, -0.2) is 5.97 Å². The highest BCUT2D eigenvalue weighted by molar-refractivity contribution is 5.96. The van der Waals surface area contributed by atoms with Gasteiger partial charge in [0.25, 0.3) is 0 Å². The lowest BCUT2D eigenvalue weighted by Gasteiger charge is -2.39. The van der Waals surface area contributed by atoms with Crippen LogP contribution in [0.2, 0.25) is 0 Å². The average molecular weight is 329 g/mol. The van der Waals surface area contributed by atoms with Crippen molar-refractivity contribution in [1.82, 2.24) is 0 Å². The van der Waals surface area contributed by atoms with E-state index in [9.17, 15) is 4.79 Å². The number of nitrogens with one attached hydrogen (secondary N) is 1. The largest absolute Gasteiger partial charge is 0.422 e. The van der Waals surface area contributed by atoms with Gasteiger partial charge in [0.1, 0.15) is 0 Å². The third-order valence-corrected chi connectivity index (χ3v) is 4.82. The zero-order valence-corrected chi connectivity index (χ0v) is 14.2. The molecule has 25 heavy (non-hydrogen) atoms. The van der Waals surface area contributed by atoms with Crippen molar-refractivity contribution in [2.24, 2.45) is 0 Å². The molecule has 3 heteroatoms. The minimum absolute atomic E-state index is 0.310. The Morgan fingerprint density at radius 2 is 1.28 bits per heavy atom. The molecule has 0 aromatic heterocycles. The molecule has 0 fully saturated rings. The molecule has 1 aliphatic heterocycles. The molecule has 0 unspecified atom stereocenters. The predicted molar refractivity (Wildman–Crippen MR) is 98.8 cm³/mol. The number of ether oxygens (including phenoxy) is 1. The van der Waals surface area contributed by atoms with E-state index in [1.54, 1.807) is 6.07 Å². The zero-order chi connectivity index (χ0) is 17.4. The molecule has 3 aromatic carbocycles. The molecule has 0 saturated heterocycles. The lowest BCUT2D eigenvalue weighted by Crippen LogP contribution is -2.50. The summed E-state index contributed by atoms with van der Waals surface area (Å²) < 4.78 is 5.77. The highest BCUT2D eigenvalue weighted by atomic mass is 16.5. The van der Waals surface area contributed by atoms with Crippen LogP contribution in [0.1, 0.15) is 22.3 Å². The highest BCUT2D eigenvalue weighted by Gasteiger charge is 2.48. The minimum Gasteiger partial charge on any atom is -0.422 e. The fourth-order valence-electron chi connectivity index (χ4n) is 3.58. The molecule has 1 N–H and O–H groups in total. The van der Waals surface area contributed by atoms with Crippen LogP contribution >= 0.6 is 0 Å². The van der Waals surface area contributed by atoms with Crippen molar-refractivity contribution in [2.75, 3.05) is 5.32 Å². The maximum Gasteiger partial charge on any atom is 0.346 e. The van der Waals surface area contributed by atoms with Crippen molar-refractivity contribution in [1.29, 1.82) is 0 Å². The van der Waals surface area contributed by atoms with Crippen molar-refractivity contribution in [3.63, 3.8) is 0 Å². The van der Waals surface area contributed by atoms with Gasteiger partial charge in [0.05, 0.1) is 5.69 Å². The van der Waals surface area contributed by atoms with Gasteiger partial charge in [0.2, 0.25) is 0 Å². The molecule has 0 atom stereocenters. The Kier molecular flexibility index (Phi) is 3.57. The number of esters is 1. The van der Waals surface area contributed by atoms with E-state index in [2.05, 4.69) is 5.32 Å². The molecule has 0 spiro atoms. The quantitative estimate of drug-likeness (QED) is 0.552. The van der Waals surface area contributed by atoms with Crippen LogP contribution in [0.5, 0.6) is 5.75 Å². The van der Waals surface area contributed by atoms with E-state index in [1.807, 2.05) is 80.6 Å². The first-order chi connectivity index (χ1) is 12.1. The number of para-hydroxylation sites is 2. The van der Waals surface area contributed by atoms with Crippen molar-refractivity contribution in [3.8, 4) is 5.75 Å². The first-order valence-electron chi connectivity index (χ1n) is 8.34. The van der Waals surface area contributed by atoms with Crippen molar-refractivity contribution >= 4 is 11.7 Å². The van der Waals surface area contributed by atoms with E-state index in [0.29, 0.717) is 5.75 Å². The Balaban J connectivity index is 2.03. The second-order valence-electron chi connectivity index (χ2n) is 6.39. The number of benzene rings is 3. The van der Waals surface area contributed by atoms with Gasteiger partial charge in [0, 0.05) is 0 Å². The molecule has 0 saturated carbocycles. The van der Waals surface area contributed by atoms with Crippen LogP contribution in [-0.2, 0) is 10.3 Å². The number of anilines is 1. The van der Waals surface area contributed by atoms with E-state index in [1.165, 1.54) is 0 Å². The van der Waals surface area contributed by atoms with Crippen molar-refractivity contribution in [2.45, 2.75) is 19.4 Å². The molecule has 3 aromatic rings. The second-order valence-corrected chi connectivity index (χ2v) is 6.39. The number of aryl methyl sites for hydroxylation is 2. The van der Waals surface area contributed by atoms with Crippen molar-refractivity contribution < 1.29 is 9.53 Å². The third kappa shape index (κ3) is 2.31. The van der Waals surface area contributed by atoms with E-state index in [0.717, 1.165) is 27.9 Å². The molecule has 0 amide bonds. The Hall–Kier alpha value is -3.07. The number of carbonyl (C=O) groups excluding carboxylic acids is 1. The normalized spacial score (nSPS) is 15.0. The van der Waals surface area contributed by atoms with Gasteiger partial charge < -0.3 is 10.1 Å². The molecule has 0 aliphatic carbocycles. The Morgan fingerprint density at radius 3 is 1.88 bits per heavy atom. The van der Waals surface area contributed by atoms with Gasteiger partial charge in [-0.15, -0.1) is 0 Å². The predicted octanol–water partition coefficient (Wildman–Crippen LogP) is 4.58. The molecule has 1 heterocycles. The number of carbonyl (C=O) groups is 1. The number of hydrogen-bond donors (Lipinski definition) is 1. The average Bonchev–Trinajstić information content (AvgIpc) is 2.62. The van der Waals surface area contributed by atoms with Gasteiger partial charge in [-0.05, 0) is 48.2 Å². The fourth-order valence-corrected chi connectivity index (χ4v) is 3.58. The lowest BCUT2D eigenvalue weighted by molar-refractivity contribution is -0.139. The molecule has 0 radical (unpaired) electrons. The topological polar surface area (TPSA) is 38.3 Å². The van der Waals surface area contributed by atoms with Crippen LogP contribution in [0.15, 0.2) is 72.8 Å². The van der Waals surface area contributed by atoms with Gasteiger partial charge in [-0.25, -0.2) is 4.79 Å². The molecule has 124 valence electrons. The van der Waals surface area contributed by atoms with Gasteiger partial charge in [0.15, 0.2) is 11.3 Å². The molecule has 1 aliphatic rings. The summed E-state index contributed by atoms with van der Waals surface area (Å²) in [5, 5.41) is 3.50. The number of hydrogen-bond acceptors (Lipinski definition) is 3. The SMILES string of the molecule is Cc1ccccc1C1(c2ccccc2C)Nc2ccccc2OC1=O. The first-order valence-corrected chi connectivity index (χ1v) is 8.34. The van der Waals surface area contributed by atoms with Gasteiger partial charge in [-0.3, -0.25) is 0 Å². The van der Waals surface area contributed by atoms with Gasteiger partial charge in [-0.1, -0.05) is 60.7 Å². The summed E-state index contributed by atoms with van der Waals surface area (Å²) >= 11 is 0. The maximum atomic E-state index is 13.3. The van der Waals surface area contributed by atoms with E-state index < -0.39 is 5.54 Å². The Bertz CT molecular complexity index is 916. The molecule has 3 nitrogen and oxygen atoms in total. The summed E-state index contributed by atoms with van der Waals surface area (Å²) in [7, 11) is 0. The summed E-state index contributed by atoms with van der Waals surface area (Å²) in [5.74, 6) is 0.250. The smallest absolute Gasteiger partial charge is 0.346 e. The van der Waals surface area contributed by atoms with E-state index >= 15 is 0 Å². The van der Waals surface area contributed by atoms with Crippen LogP contribution in [0.25, 0.3) is 0 Å². The zero-order valence-electron chi connectivity index (χ0n) is 14.2. The van der Waals surface area contributed by atoms with Crippen LogP contribution in [0.3, 0.4) is 0 Å². The van der Waals surface area contributed by atoms with Crippen LogP contribution in [0.4, 0.5) is 5.69 Å². The molecule has 4 rings (SSSR count). The van der Waals surface area contributed by atoms with Crippen LogP contribution in [0, 0.1) is 13.8 Å². The van der Waals surface area contributed by atoms with Crippen LogP contribution < -0.4 is 10.1 Å². The van der Waals surface area contributed by atoms with E-state index in [4.69, 9.17) is 4.74 Å². The van der Waals surface area contributed by atoms with Gasteiger partial charge in [-0.2, -0.15) is 0 Å². The summed E-state index contributed by atoms with van der Waals surface area (Å²) in [4.78, 5) is 13.3. The molecule has 0 bridgehead atoms. The first kappa shape index (κ1) is 15.5. The maximum absolute atomic E-state index is 13.3. The highest BCUT2D eigenvalue weighted by Crippen LogP contribution is 2.44. The Labute approximate surface area is 147 Å². The standard InChI is InChI=1S/C22H19NO2/c1-15-9-3-5-11-17(15)22(18-12-6-4-10-16(18)2)21(24)25-20-14-8-7-13-19(20)23-22/h3-14,23H,1-2H3. The monoisotopic (exact) mass is 329 g/mol. The summed E-state index contributed by atoms with van der Waals surface area (Å²) in [6.07, 6.45) is 0. The lowest BCUT2D eigenvalue weighted by atomic mass is 9.77. The summed E-state index contributed by atoms with van der Waals surface area (Å²) in [6, 6.07) is 23.4.